The zero-order valence-corrected chi connectivity index (χ0v) is 11.9. The van der Waals surface area contributed by atoms with E-state index in [2.05, 4.69) is 23.8 Å². The molecule has 1 aromatic carbocycles. The highest BCUT2D eigenvalue weighted by Crippen LogP contribution is 2.29. The van der Waals surface area contributed by atoms with Crippen LogP contribution in [-0.4, -0.2) is 42.7 Å². The van der Waals surface area contributed by atoms with Crippen LogP contribution in [0.2, 0.25) is 0 Å². The Balaban J connectivity index is 2.26. The maximum Gasteiger partial charge on any atom is 0.123 e. The summed E-state index contributed by atoms with van der Waals surface area (Å²) in [5.41, 5.74) is 1.64. The van der Waals surface area contributed by atoms with Crippen molar-refractivity contribution in [3.63, 3.8) is 0 Å². The highest BCUT2D eigenvalue weighted by atomic mass is 19.1. The molecule has 0 spiro atoms. The number of aliphatic hydroxyl groups is 1. The van der Waals surface area contributed by atoms with Crippen molar-refractivity contribution in [3.8, 4) is 0 Å². The van der Waals surface area contributed by atoms with Crippen molar-refractivity contribution in [2.24, 2.45) is 0 Å². The molecular weight excluding hydrogens is 243 g/mol. The molecule has 2 atom stereocenters. The highest BCUT2D eigenvalue weighted by molar-refractivity contribution is 5.55. The Bertz CT molecular complexity index is 436. The molecule has 0 amide bonds. The fourth-order valence-electron chi connectivity index (χ4n) is 2.75. The molecule has 0 aliphatic carbocycles. The van der Waals surface area contributed by atoms with Crippen LogP contribution in [0.15, 0.2) is 18.2 Å². The predicted octanol–water partition coefficient (Wildman–Crippen LogP) is 2.41. The average Bonchev–Trinajstić information content (AvgIpc) is 2.39. The number of hydrogen-bond acceptors (Lipinski definition) is 3. The topological polar surface area (TPSA) is 26.7 Å². The summed E-state index contributed by atoms with van der Waals surface area (Å²) in [6.07, 6.45) is 0.448. The zero-order chi connectivity index (χ0) is 14.0. The van der Waals surface area contributed by atoms with Crippen molar-refractivity contribution in [1.29, 1.82) is 0 Å². The van der Waals surface area contributed by atoms with E-state index in [1.54, 1.807) is 13.0 Å². The van der Waals surface area contributed by atoms with Gasteiger partial charge in [-0.25, -0.2) is 4.39 Å². The van der Waals surface area contributed by atoms with Crippen LogP contribution in [0.3, 0.4) is 0 Å². The molecule has 3 nitrogen and oxygen atoms in total. The van der Waals surface area contributed by atoms with Crippen molar-refractivity contribution < 1.29 is 9.50 Å². The first-order valence-corrected chi connectivity index (χ1v) is 6.95. The van der Waals surface area contributed by atoms with Gasteiger partial charge >= 0.3 is 0 Å². The summed E-state index contributed by atoms with van der Waals surface area (Å²) < 4.78 is 13.3. The molecule has 0 bridgehead atoms. The molecule has 2 rings (SSSR count). The summed E-state index contributed by atoms with van der Waals surface area (Å²) in [5, 5.41) is 9.83. The van der Waals surface area contributed by atoms with E-state index in [0.717, 1.165) is 31.7 Å². The normalized spacial score (nSPS) is 22.6. The molecule has 19 heavy (non-hydrogen) atoms. The molecule has 1 aliphatic heterocycles. The van der Waals surface area contributed by atoms with E-state index in [1.165, 1.54) is 12.1 Å². The summed E-state index contributed by atoms with van der Waals surface area (Å²) in [7, 11) is 2.14. The quantitative estimate of drug-likeness (QED) is 0.910. The van der Waals surface area contributed by atoms with Crippen molar-refractivity contribution in [2.45, 2.75) is 32.4 Å². The Labute approximate surface area is 114 Å². The van der Waals surface area contributed by atoms with E-state index >= 15 is 0 Å². The smallest absolute Gasteiger partial charge is 0.123 e. The molecule has 106 valence electrons. The number of likely N-dealkylation sites (N-methyl/N-ethyl adjacent to an activating group) is 1. The molecule has 1 saturated heterocycles. The van der Waals surface area contributed by atoms with E-state index in [0.29, 0.717) is 11.6 Å². The van der Waals surface area contributed by atoms with Gasteiger partial charge in [0.05, 0.1) is 6.10 Å². The van der Waals surface area contributed by atoms with E-state index in [4.69, 9.17) is 0 Å². The first-order valence-electron chi connectivity index (χ1n) is 6.95. The van der Waals surface area contributed by atoms with Crippen LogP contribution in [-0.2, 0) is 0 Å². The van der Waals surface area contributed by atoms with Gasteiger partial charge in [0.25, 0.3) is 0 Å². The third kappa shape index (κ3) is 3.07. The molecule has 1 unspecified atom stereocenters. The molecule has 0 radical (unpaired) electrons. The van der Waals surface area contributed by atoms with E-state index in [1.807, 2.05) is 0 Å². The second-order valence-electron chi connectivity index (χ2n) is 5.37. The van der Waals surface area contributed by atoms with Crippen LogP contribution in [0.1, 0.15) is 31.9 Å². The Morgan fingerprint density at radius 1 is 1.42 bits per heavy atom. The highest BCUT2D eigenvalue weighted by Gasteiger charge is 2.25. The molecule has 0 saturated carbocycles. The Morgan fingerprint density at radius 3 is 2.79 bits per heavy atom. The van der Waals surface area contributed by atoms with Crippen molar-refractivity contribution in [1.82, 2.24) is 4.90 Å². The maximum atomic E-state index is 13.3. The van der Waals surface area contributed by atoms with Gasteiger partial charge in [-0.3, -0.25) is 4.90 Å². The molecular formula is C15H23FN2O. The number of benzene rings is 1. The van der Waals surface area contributed by atoms with Gasteiger partial charge in [-0.2, -0.15) is 0 Å². The van der Waals surface area contributed by atoms with Gasteiger partial charge in [-0.1, -0.05) is 6.92 Å². The third-order valence-corrected chi connectivity index (χ3v) is 4.03. The van der Waals surface area contributed by atoms with Gasteiger partial charge in [0.15, 0.2) is 0 Å². The van der Waals surface area contributed by atoms with E-state index < -0.39 is 6.10 Å². The zero-order valence-electron chi connectivity index (χ0n) is 11.9. The van der Waals surface area contributed by atoms with Gasteiger partial charge < -0.3 is 10.0 Å². The Kier molecular flexibility index (Phi) is 4.42. The summed E-state index contributed by atoms with van der Waals surface area (Å²) >= 11 is 0. The lowest BCUT2D eigenvalue weighted by atomic mass is 10.0. The number of anilines is 1. The number of piperazine rings is 1. The Morgan fingerprint density at radius 2 is 2.16 bits per heavy atom. The third-order valence-electron chi connectivity index (χ3n) is 4.03. The minimum Gasteiger partial charge on any atom is -0.389 e. The largest absolute Gasteiger partial charge is 0.389 e. The first kappa shape index (κ1) is 14.3. The lowest BCUT2D eigenvalue weighted by Crippen LogP contribution is -2.51. The standard InChI is InChI=1S/C15H23FN2O/c1-4-13-10-18(8-7-17(13)3)15-6-5-12(16)9-14(15)11(2)19/h5-6,9,11,13,19H,4,7-8,10H2,1-3H3/t11-,13?/m1/s1. The lowest BCUT2D eigenvalue weighted by Gasteiger charge is -2.41. The monoisotopic (exact) mass is 266 g/mol. The fourth-order valence-corrected chi connectivity index (χ4v) is 2.75. The van der Waals surface area contributed by atoms with Gasteiger partial charge in [-0.15, -0.1) is 0 Å². The van der Waals surface area contributed by atoms with Gasteiger partial charge in [0.1, 0.15) is 5.82 Å². The summed E-state index contributed by atoms with van der Waals surface area (Å²) in [5.74, 6) is -0.291. The summed E-state index contributed by atoms with van der Waals surface area (Å²) in [6.45, 7) is 6.71. The minimum atomic E-state index is -0.648. The average molecular weight is 266 g/mol. The van der Waals surface area contributed by atoms with E-state index in [9.17, 15) is 9.50 Å². The Hall–Kier alpha value is -1.13. The molecule has 1 N–H and O–H groups in total. The molecule has 1 fully saturated rings. The second kappa shape index (κ2) is 5.88. The van der Waals surface area contributed by atoms with Crippen LogP contribution >= 0.6 is 0 Å². The van der Waals surface area contributed by atoms with Crippen LogP contribution in [0.5, 0.6) is 0 Å². The van der Waals surface area contributed by atoms with Crippen molar-refractivity contribution in [3.05, 3.63) is 29.6 Å². The number of rotatable bonds is 3. The minimum absolute atomic E-state index is 0.291. The molecule has 4 heteroatoms. The SMILES string of the molecule is CCC1CN(c2ccc(F)cc2[C@@H](C)O)CCN1C. The molecule has 0 aromatic heterocycles. The van der Waals surface area contributed by atoms with Crippen molar-refractivity contribution in [2.75, 3.05) is 31.6 Å². The van der Waals surface area contributed by atoms with E-state index in [-0.39, 0.29) is 5.82 Å². The number of aliphatic hydroxyl groups excluding tert-OH is 1. The van der Waals surface area contributed by atoms with Crippen LogP contribution in [0.25, 0.3) is 0 Å². The second-order valence-corrected chi connectivity index (χ2v) is 5.37. The summed E-state index contributed by atoms with van der Waals surface area (Å²) in [4.78, 5) is 4.62. The fraction of sp³-hybridized carbons (Fsp3) is 0.600. The predicted molar refractivity (Wildman–Crippen MR) is 76.0 cm³/mol. The van der Waals surface area contributed by atoms with Crippen LogP contribution in [0, 0.1) is 5.82 Å². The van der Waals surface area contributed by atoms with Crippen molar-refractivity contribution >= 4 is 5.69 Å². The molecule has 1 aliphatic rings. The number of halogens is 1. The van der Waals surface area contributed by atoms with Gasteiger partial charge in [-0.05, 0) is 38.6 Å². The van der Waals surface area contributed by atoms with Gasteiger partial charge in [0.2, 0.25) is 0 Å². The van der Waals surface area contributed by atoms with Crippen LogP contribution in [0.4, 0.5) is 10.1 Å². The first-order chi connectivity index (χ1) is 9.02. The van der Waals surface area contributed by atoms with Gasteiger partial charge in [0, 0.05) is 36.9 Å². The number of hydrogen-bond donors (Lipinski definition) is 1. The van der Waals surface area contributed by atoms with Crippen LogP contribution < -0.4 is 4.90 Å². The molecule has 1 aromatic rings. The molecule has 1 heterocycles. The number of nitrogens with zero attached hydrogens (tertiary/aromatic N) is 2. The lowest BCUT2D eigenvalue weighted by molar-refractivity contribution is 0.195. The maximum absolute atomic E-state index is 13.3. The summed E-state index contributed by atoms with van der Waals surface area (Å²) in [6, 6.07) is 5.22.